The summed E-state index contributed by atoms with van der Waals surface area (Å²) in [5.41, 5.74) is 0. The molecule has 0 saturated carbocycles. The molecule has 1 rings (SSSR count). The lowest BCUT2D eigenvalue weighted by Gasteiger charge is -2.34. The van der Waals surface area contributed by atoms with Crippen LogP contribution in [-0.4, -0.2) is 65.5 Å². The highest BCUT2D eigenvalue weighted by molar-refractivity contribution is 5.77. The third-order valence-corrected chi connectivity index (χ3v) is 3.62. The smallest absolute Gasteiger partial charge is 0.317 e. The molecular weight excluding hydrogens is 274 g/mol. The fourth-order valence-corrected chi connectivity index (χ4v) is 2.39. The highest BCUT2D eigenvalue weighted by atomic mass is 16.4. The lowest BCUT2D eigenvalue weighted by Crippen LogP contribution is -2.53. The Morgan fingerprint density at radius 3 is 2.05 bits per heavy atom. The van der Waals surface area contributed by atoms with E-state index in [1.165, 1.54) is 6.92 Å². The molecule has 1 saturated heterocycles. The Hall–Kier alpha value is -1.79. The first-order valence-electron chi connectivity index (χ1n) is 7.32. The van der Waals surface area contributed by atoms with Crippen LogP contribution in [0, 0.1) is 11.8 Å². The average molecular weight is 299 g/mol. The number of carboxylic acid groups (broad SMARTS) is 1. The van der Waals surface area contributed by atoms with E-state index in [-0.39, 0.29) is 24.4 Å². The van der Waals surface area contributed by atoms with Crippen molar-refractivity contribution in [2.45, 2.75) is 27.2 Å². The number of hydrogen-bond acceptors (Lipinski definition) is 3. The van der Waals surface area contributed by atoms with Crippen LogP contribution in [0.3, 0.4) is 0 Å². The highest BCUT2D eigenvalue weighted by Gasteiger charge is 2.24. The summed E-state index contributed by atoms with van der Waals surface area (Å²) in [4.78, 5) is 37.7. The van der Waals surface area contributed by atoms with Crippen molar-refractivity contribution in [1.29, 1.82) is 0 Å². The lowest BCUT2D eigenvalue weighted by molar-refractivity contribution is -0.142. The molecule has 1 aliphatic heterocycles. The summed E-state index contributed by atoms with van der Waals surface area (Å²) in [5, 5.41) is 11.8. The maximum atomic E-state index is 12.0. The van der Waals surface area contributed by atoms with Gasteiger partial charge in [0.05, 0.1) is 5.92 Å². The number of hydrogen-bond donors (Lipinski definition) is 2. The fourth-order valence-electron chi connectivity index (χ4n) is 2.39. The minimum atomic E-state index is -0.884. The summed E-state index contributed by atoms with van der Waals surface area (Å²) in [5.74, 6) is -1.17. The highest BCUT2D eigenvalue weighted by Crippen LogP contribution is 2.11. The minimum Gasteiger partial charge on any atom is -0.481 e. The van der Waals surface area contributed by atoms with Gasteiger partial charge in [0.25, 0.3) is 0 Å². The second-order valence-electron chi connectivity index (χ2n) is 5.84. The zero-order valence-corrected chi connectivity index (χ0v) is 13.0. The molecule has 0 bridgehead atoms. The van der Waals surface area contributed by atoms with E-state index in [1.54, 1.807) is 9.80 Å². The number of amides is 3. The van der Waals surface area contributed by atoms with E-state index in [9.17, 15) is 14.4 Å². The topological polar surface area (TPSA) is 90.0 Å². The molecule has 0 radical (unpaired) electrons. The van der Waals surface area contributed by atoms with E-state index in [2.05, 4.69) is 5.32 Å². The second-order valence-corrected chi connectivity index (χ2v) is 5.84. The number of carbonyl (C=O) groups excluding carboxylic acids is 2. The van der Waals surface area contributed by atoms with Gasteiger partial charge in [-0.1, -0.05) is 13.8 Å². The normalized spacial score (nSPS) is 16.8. The van der Waals surface area contributed by atoms with Gasteiger partial charge in [0.15, 0.2) is 0 Å². The molecule has 0 spiro atoms. The number of carboxylic acids is 1. The number of rotatable bonds is 5. The van der Waals surface area contributed by atoms with Crippen molar-refractivity contribution in [3.05, 3.63) is 0 Å². The van der Waals surface area contributed by atoms with Crippen molar-refractivity contribution in [2.75, 3.05) is 32.7 Å². The summed E-state index contributed by atoms with van der Waals surface area (Å²) in [6.07, 6.45) is 0.535. The first-order chi connectivity index (χ1) is 9.81. The monoisotopic (exact) mass is 299 g/mol. The van der Waals surface area contributed by atoms with Gasteiger partial charge in [-0.05, 0) is 12.3 Å². The van der Waals surface area contributed by atoms with E-state index < -0.39 is 11.9 Å². The molecule has 0 aliphatic carbocycles. The van der Waals surface area contributed by atoms with Crippen molar-refractivity contribution in [3.63, 3.8) is 0 Å². The largest absolute Gasteiger partial charge is 0.481 e. The summed E-state index contributed by atoms with van der Waals surface area (Å²) in [6, 6.07) is -0.256. The molecule has 7 heteroatoms. The zero-order valence-electron chi connectivity index (χ0n) is 13.0. The summed E-state index contributed by atoms with van der Waals surface area (Å²) >= 11 is 0. The van der Waals surface area contributed by atoms with Crippen LogP contribution in [0.5, 0.6) is 0 Å². The van der Waals surface area contributed by atoms with Gasteiger partial charge >= 0.3 is 12.0 Å². The minimum absolute atomic E-state index is 0.0120. The SMILES string of the molecule is CC(=O)N1CCN(C(=O)NCC(CC(C)C)C(=O)O)CC1. The molecule has 1 unspecified atom stereocenters. The van der Waals surface area contributed by atoms with Crippen LogP contribution >= 0.6 is 0 Å². The molecule has 21 heavy (non-hydrogen) atoms. The Bertz CT molecular complexity index is 390. The zero-order chi connectivity index (χ0) is 16.0. The first kappa shape index (κ1) is 17.3. The standard InChI is InChI=1S/C14H25N3O4/c1-10(2)8-12(13(19)20)9-15-14(21)17-6-4-16(5-7-17)11(3)18/h10,12H,4-9H2,1-3H3,(H,15,21)(H,19,20). The van der Waals surface area contributed by atoms with Crippen molar-refractivity contribution in [2.24, 2.45) is 11.8 Å². The van der Waals surface area contributed by atoms with Crippen molar-refractivity contribution < 1.29 is 19.5 Å². The van der Waals surface area contributed by atoms with Crippen LogP contribution in [0.25, 0.3) is 0 Å². The van der Waals surface area contributed by atoms with Gasteiger partial charge in [0, 0.05) is 39.6 Å². The van der Waals surface area contributed by atoms with Crippen LogP contribution < -0.4 is 5.32 Å². The third kappa shape index (κ3) is 5.61. The quantitative estimate of drug-likeness (QED) is 0.778. The molecular formula is C14H25N3O4. The third-order valence-electron chi connectivity index (χ3n) is 3.62. The predicted octanol–water partition coefficient (Wildman–Crippen LogP) is 0.607. The second kappa shape index (κ2) is 7.85. The average Bonchev–Trinajstić information content (AvgIpc) is 2.42. The number of nitrogens with zero attached hydrogens (tertiary/aromatic N) is 2. The summed E-state index contributed by atoms with van der Waals surface area (Å²) in [7, 11) is 0. The number of nitrogens with one attached hydrogen (secondary N) is 1. The summed E-state index contributed by atoms with van der Waals surface area (Å²) in [6.45, 7) is 7.57. The molecule has 2 N–H and O–H groups in total. The van der Waals surface area contributed by atoms with E-state index >= 15 is 0 Å². The molecule has 1 aliphatic rings. The Labute approximate surface area is 125 Å². The Morgan fingerprint density at radius 1 is 1.10 bits per heavy atom. The van der Waals surface area contributed by atoms with Gasteiger partial charge in [0.1, 0.15) is 0 Å². The van der Waals surface area contributed by atoms with Crippen LogP contribution in [0.15, 0.2) is 0 Å². The molecule has 0 aromatic carbocycles. The number of urea groups is 1. The van der Waals surface area contributed by atoms with Crippen LogP contribution in [0.1, 0.15) is 27.2 Å². The maximum Gasteiger partial charge on any atom is 0.317 e. The molecule has 3 amide bonds. The molecule has 7 nitrogen and oxygen atoms in total. The molecule has 0 aromatic rings. The van der Waals surface area contributed by atoms with E-state index in [1.807, 2.05) is 13.8 Å². The van der Waals surface area contributed by atoms with Gasteiger partial charge in [-0.25, -0.2) is 4.79 Å². The predicted molar refractivity (Wildman–Crippen MR) is 77.8 cm³/mol. The first-order valence-corrected chi connectivity index (χ1v) is 7.32. The van der Waals surface area contributed by atoms with Crippen molar-refractivity contribution in [3.8, 4) is 0 Å². The van der Waals surface area contributed by atoms with Gasteiger partial charge in [-0.2, -0.15) is 0 Å². The van der Waals surface area contributed by atoms with Gasteiger partial charge in [-0.3, -0.25) is 9.59 Å². The van der Waals surface area contributed by atoms with E-state index in [0.29, 0.717) is 32.6 Å². The number of carbonyl (C=O) groups is 3. The Morgan fingerprint density at radius 2 is 1.62 bits per heavy atom. The Balaban J connectivity index is 2.39. The van der Waals surface area contributed by atoms with Crippen molar-refractivity contribution in [1.82, 2.24) is 15.1 Å². The van der Waals surface area contributed by atoms with Gasteiger partial charge in [-0.15, -0.1) is 0 Å². The molecule has 1 heterocycles. The molecule has 0 aromatic heterocycles. The maximum absolute atomic E-state index is 12.0. The Kier molecular flexibility index (Phi) is 6.45. The molecule has 1 atom stereocenters. The van der Waals surface area contributed by atoms with E-state index in [4.69, 9.17) is 5.11 Å². The molecule has 120 valence electrons. The summed E-state index contributed by atoms with van der Waals surface area (Å²) < 4.78 is 0. The number of aliphatic carboxylic acids is 1. The van der Waals surface area contributed by atoms with Crippen LogP contribution in [0.2, 0.25) is 0 Å². The lowest BCUT2D eigenvalue weighted by atomic mass is 9.97. The van der Waals surface area contributed by atoms with E-state index in [0.717, 1.165) is 0 Å². The fraction of sp³-hybridized carbons (Fsp3) is 0.786. The molecule has 1 fully saturated rings. The number of piperazine rings is 1. The van der Waals surface area contributed by atoms with Gasteiger partial charge < -0.3 is 20.2 Å². The van der Waals surface area contributed by atoms with Crippen LogP contribution in [-0.2, 0) is 9.59 Å². The van der Waals surface area contributed by atoms with Crippen molar-refractivity contribution >= 4 is 17.9 Å². The van der Waals surface area contributed by atoms with Gasteiger partial charge in [0.2, 0.25) is 5.91 Å². The van der Waals surface area contributed by atoms with Crippen LogP contribution in [0.4, 0.5) is 4.79 Å².